The molecule has 7 heteroatoms. The lowest BCUT2D eigenvalue weighted by Gasteiger charge is -2.15. The minimum atomic E-state index is -3.93. The van der Waals surface area contributed by atoms with Crippen molar-refractivity contribution in [2.45, 2.75) is 17.9 Å². The molecule has 0 aliphatic heterocycles. The van der Waals surface area contributed by atoms with Crippen LogP contribution in [0, 0.1) is 17.5 Å². The predicted molar refractivity (Wildman–Crippen MR) is 71.5 cm³/mol. The van der Waals surface area contributed by atoms with Gasteiger partial charge in [-0.3, -0.25) is 0 Å². The average Bonchev–Trinajstić information content (AvgIpc) is 2.38. The number of nitrogens with one attached hydrogen (secondary N) is 1. The van der Waals surface area contributed by atoms with Crippen LogP contribution in [0.1, 0.15) is 18.5 Å². The monoisotopic (exact) mass is 315 g/mol. The van der Waals surface area contributed by atoms with E-state index in [0.29, 0.717) is 6.07 Å². The third-order valence-corrected chi connectivity index (χ3v) is 4.44. The van der Waals surface area contributed by atoms with E-state index in [1.54, 1.807) is 0 Å². The molecule has 0 fully saturated rings. The predicted octanol–water partition coefficient (Wildman–Crippen LogP) is 3.14. The van der Waals surface area contributed by atoms with Crippen LogP contribution in [0.25, 0.3) is 0 Å². The van der Waals surface area contributed by atoms with Gasteiger partial charge in [-0.15, -0.1) is 0 Å². The number of benzene rings is 2. The van der Waals surface area contributed by atoms with Gasteiger partial charge in [0.05, 0.1) is 4.90 Å². The van der Waals surface area contributed by atoms with E-state index in [2.05, 4.69) is 4.72 Å². The zero-order valence-corrected chi connectivity index (χ0v) is 11.8. The van der Waals surface area contributed by atoms with Crippen molar-refractivity contribution in [3.05, 3.63) is 65.5 Å². The van der Waals surface area contributed by atoms with Gasteiger partial charge in [0.1, 0.15) is 17.5 Å². The lowest BCUT2D eigenvalue weighted by molar-refractivity contribution is 0.540. The highest BCUT2D eigenvalue weighted by atomic mass is 32.2. The van der Waals surface area contributed by atoms with E-state index >= 15 is 0 Å². The van der Waals surface area contributed by atoms with Crippen LogP contribution in [0.15, 0.2) is 47.4 Å². The fourth-order valence-electron chi connectivity index (χ4n) is 1.83. The SMILES string of the molecule is CC(NS(=O)(=O)c1ccc(F)cc1)c1ccc(F)cc1F. The number of sulfonamides is 1. The van der Waals surface area contributed by atoms with Crippen molar-refractivity contribution in [1.82, 2.24) is 4.72 Å². The summed E-state index contributed by atoms with van der Waals surface area (Å²) in [4.78, 5) is -0.140. The van der Waals surface area contributed by atoms with E-state index in [0.717, 1.165) is 30.3 Å². The molecule has 0 aliphatic carbocycles. The minimum absolute atomic E-state index is 0.0158. The van der Waals surface area contributed by atoms with Crippen molar-refractivity contribution in [2.24, 2.45) is 0 Å². The highest BCUT2D eigenvalue weighted by Crippen LogP contribution is 2.20. The Kier molecular flexibility index (Phi) is 4.34. The zero-order chi connectivity index (χ0) is 15.6. The van der Waals surface area contributed by atoms with E-state index in [1.165, 1.54) is 13.0 Å². The zero-order valence-electron chi connectivity index (χ0n) is 11.0. The van der Waals surface area contributed by atoms with Crippen LogP contribution >= 0.6 is 0 Å². The van der Waals surface area contributed by atoms with Crippen molar-refractivity contribution < 1.29 is 21.6 Å². The molecule has 0 heterocycles. The van der Waals surface area contributed by atoms with Crippen molar-refractivity contribution in [3.8, 4) is 0 Å². The fraction of sp³-hybridized carbons (Fsp3) is 0.143. The van der Waals surface area contributed by atoms with E-state index in [1.807, 2.05) is 0 Å². The molecule has 21 heavy (non-hydrogen) atoms. The highest BCUT2D eigenvalue weighted by molar-refractivity contribution is 7.89. The molecular weight excluding hydrogens is 303 g/mol. The topological polar surface area (TPSA) is 46.2 Å². The van der Waals surface area contributed by atoms with Crippen LogP contribution in [-0.2, 0) is 10.0 Å². The van der Waals surface area contributed by atoms with Gasteiger partial charge in [0, 0.05) is 17.7 Å². The largest absolute Gasteiger partial charge is 0.241 e. The average molecular weight is 315 g/mol. The summed E-state index contributed by atoms with van der Waals surface area (Å²) >= 11 is 0. The Hall–Kier alpha value is -1.86. The van der Waals surface area contributed by atoms with Gasteiger partial charge in [0.25, 0.3) is 0 Å². The second kappa shape index (κ2) is 5.87. The normalized spacial score (nSPS) is 13.1. The van der Waals surface area contributed by atoms with Gasteiger partial charge in [-0.2, -0.15) is 0 Å². The van der Waals surface area contributed by atoms with Gasteiger partial charge in [-0.05, 0) is 37.3 Å². The summed E-state index contributed by atoms with van der Waals surface area (Å²) in [6, 6.07) is 6.22. The van der Waals surface area contributed by atoms with Gasteiger partial charge >= 0.3 is 0 Å². The highest BCUT2D eigenvalue weighted by Gasteiger charge is 2.20. The molecule has 0 spiro atoms. The van der Waals surface area contributed by atoms with Crippen LogP contribution in [0.5, 0.6) is 0 Å². The third-order valence-electron chi connectivity index (χ3n) is 2.88. The van der Waals surface area contributed by atoms with Crippen LogP contribution in [0.3, 0.4) is 0 Å². The van der Waals surface area contributed by atoms with Crippen molar-refractivity contribution in [3.63, 3.8) is 0 Å². The molecule has 0 amide bonds. The molecule has 0 saturated heterocycles. The van der Waals surface area contributed by atoms with Crippen molar-refractivity contribution in [1.29, 1.82) is 0 Å². The first kappa shape index (κ1) is 15.5. The first-order valence-corrected chi connectivity index (χ1v) is 7.51. The Morgan fingerprint density at radius 2 is 1.52 bits per heavy atom. The minimum Gasteiger partial charge on any atom is -0.207 e. The summed E-state index contributed by atoms with van der Waals surface area (Å²) in [5.74, 6) is -2.15. The number of hydrogen-bond donors (Lipinski definition) is 1. The van der Waals surface area contributed by atoms with Gasteiger partial charge in [-0.25, -0.2) is 26.3 Å². The van der Waals surface area contributed by atoms with E-state index in [9.17, 15) is 21.6 Å². The summed E-state index contributed by atoms with van der Waals surface area (Å²) in [6.07, 6.45) is 0. The molecular formula is C14H12F3NO2S. The summed E-state index contributed by atoms with van der Waals surface area (Å²) in [6.45, 7) is 1.43. The van der Waals surface area contributed by atoms with E-state index < -0.39 is 33.5 Å². The Balaban J connectivity index is 2.25. The molecule has 0 aliphatic rings. The standard InChI is InChI=1S/C14H12F3NO2S/c1-9(13-7-4-11(16)8-14(13)17)18-21(19,20)12-5-2-10(15)3-6-12/h2-9,18H,1H3. The summed E-state index contributed by atoms with van der Waals surface area (Å²) < 4.78 is 65.6. The maximum Gasteiger partial charge on any atom is 0.241 e. The lowest BCUT2D eigenvalue weighted by atomic mass is 10.1. The summed E-state index contributed by atoms with van der Waals surface area (Å²) in [7, 11) is -3.93. The molecule has 2 aromatic rings. The molecule has 2 aromatic carbocycles. The smallest absolute Gasteiger partial charge is 0.207 e. The molecule has 0 radical (unpaired) electrons. The van der Waals surface area contributed by atoms with E-state index in [4.69, 9.17) is 0 Å². The van der Waals surface area contributed by atoms with Crippen LogP contribution in [0.2, 0.25) is 0 Å². The lowest BCUT2D eigenvalue weighted by Crippen LogP contribution is -2.27. The molecule has 1 unspecified atom stereocenters. The van der Waals surface area contributed by atoms with Crippen molar-refractivity contribution >= 4 is 10.0 Å². The number of halogens is 3. The maximum absolute atomic E-state index is 13.6. The number of rotatable bonds is 4. The summed E-state index contributed by atoms with van der Waals surface area (Å²) in [5, 5.41) is 0. The first-order chi connectivity index (χ1) is 9.79. The van der Waals surface area contributed by atoms with Gasteiger partial charge < -0.3 is 0 Å². The van der Waals surface area contributed by atoms with Crippen molar-refractivity contribution in [2.75, 3.05) is 0 Å². The Labute approximate surface area is 120 Å². The van der Waals surface area contributed by atoms with Crippen LogP contribution in [0.4, 0.5) is 13.2 Å². The molecule has 0 bridgehead atoms. The maximum atomic E-state index is 13.6. The number of hydrogen-bond acceptors (Lipinski definition) is 2. The quantitative estimate of drug-likeness (QED) is 0.942. The molecule has 3 nitrogen and oxygen atoms in total. The summed E-state index contributed by atoms with van der Waals surface area (Å²) in [5.41, 5.74) is 0.0158. The Morgan fingerprint density at radius 1 is 0.952 bits per heavy atom. The van der Waals surface area contributed by atoms with Gasteiger partial charge in [-0.1, -0.05) is 6.07 Å². The molecule has 0 saturated carbocycles. The first-order valence-electron chi connectivity index (χ1n) is 6.02. The van der Waals surface area contributed by atoms with Gasteiger partial charge in [0.2, 0.25) is 10.0 Å². The second-order valence-corrected chi connectivity index (χ2v) is 6.18. The van der Waals surface area contributed by atoms with Gasteiger partial charge in [0.15, 0.2) is 0 Å². The molecule has 1 atom stereocenters. The Bertz CT molecular complexity index is 745. The van der Waals surface area contributed by atoms with E-state index in [-0.39, 0.29) is 10.5 Å². The van der Waals surface area contributed by atoms with Crippen LogP contribution < -0.4 is 4.72 Å². The molecule has 1 N–H and O–H groups in total. The Morgan fingerprint density at radius 3 is 2.10 bits per heavy atom. The fourth-order valence-corrected chi connectivity index (χ4v) is 3.05. The molecule has 0 aromatic heterocycles. The molecule has 112 valence electrons. The second-order valence-electron chi connectivity index (χ2n) is 4.46. The molecule has 2 rings (SSSR count). The van der Waals surface area contributed by atoms with Crippen LogP contribution in [-0.4, -0.2) is 8.42 Å². The third kappa shape index (κ3) is 3.62.